The summed E-state index contributed by atoms with van der Waals surface area (Å²) in [6.07, 6.45) is 1.87. The Morgan fingerprint density at radius 3 is 2.53 bits per heavy atom. The van der Waals surface area contributed by atoms with Gasteiger partial charge in [-0.3, -0.25) is 0 Å². The molecule has 2 N–H and O–H groups in total. The zero-order valence-electron chi connectivity index (χ0n) is 11.1. The lowest BCUT2D eigenvalue weighted by molar-refractivity contribution is 0.650. The fourth-order valence-electron chi connectivity index (χ4n) is 2.11. The molecule has 0 aliphatic carbocycles. The molecule has 2 aromatic rings. The largest absolute Gasteiger partial charge is 0.383 e. The Labute approximate surface area is 123 Å². The lowest BCUT2D eigenvalue weighted by Gasteiger charge is -2.07. The number of imidazole rings is 1. The van der Waals surface area contributed by atoms with E-state index in [0.29, 0.717) is 15.9 Å². The van der Waals surface area contributed by atoms with Gasteiger partial charge in [0.25, 0.3) is 0 Å². The van der Waals surface area contributed by atoms with E-state index in [0.717, 1.165) is 36.5 Å². The van der Waals surface area contributed by atoms with Gasteiger partial charge in [-0.25, -0.2) is 4.98 Å². The minimum absolute atomic E-state index is 0.515. The molecule has 2 rings (SSSR count). The number of aromatic nitrogens is 2. The number of nitrogens with zero attached hydrogens (tertiary/aromatic N) is 2. The Bertz CT molecular complexity index is 591. The van der Waals surface area contributed by atoms with E-state index < -0.39 is 0 Å². The molecule has 1 aromatic heterocycles. The minimum Gasteiger partial charge on any atom is -0.383 e. The van der Waals surface area contributed by atoms with Crippen molar-refractivity contribution in [3.8, 4) is 11.3 Å². The molecule has 0 spiro atoms. The van der Waals surface area contributed by atoms with Crippen molar-refractivity contribution in [3.63, 3.8) is 0 Å². The molecule has 0 unspecified atom stereocenters. The molecule has 0 aliphatic heterocycles. The van der Waals surface area contributed by atoms with Gasteiger partial charge in [0.1, 0.15) is 17.3 Å². The van der Waals surface area contributed by atoms with E-state index >= 15 is 0 Å². The van der Waals surface area contributed by atoms with Crippen LogP contribution in [-0.4, -0.2) is 9.55 Å². The first-order valence-electron chi connectivity index (χ1n) is 6.38. The second-order valence-corrected chi connectivity index (χ2v) is 5.21. The second kappa shape index (κ2) is 5.85. The maximum absolute atomic E-state index is 6.21. The molecule has 102 valence electrons. The third-order valence-electron chi connectivity index (χ3n) is 3.04. The van der Waals surface area contributed by atoms with E-state index in [1.165, 1.54) is 0 Å². The van der Waals surface area contributed by atoms with Crippen molar-refractivity contribution in [2.75, 3.05) is 5.73 Å². The Morgan fingerprint density at radius 1 is 1.21 bits per heavy atom. The standard InChI is InChI=1S/C14H17Cl2N3/c1-3-7-19-12(4-2)18-13(14(19)17)9-5-6-10(15)11(16)8-9/h5-6,8H,3-4,7,17H2,1-2H3. The molecule has 0 atom stereocenters. The third-order valence-corrected chi connectivity index (χ3v) is 3.78. The van der Waals surface area contributed by atoms with Gasteiger partial charge < -0.3 is 10.3 Å². The fraction of sp³-hybridized carbons (Fsp3) is 0.357. The minimum atomic E-state index is 0.515. The van der Waals surface area contributed by atoms with Gasteiger partial charge in [-0.2, -0.15) is 0 Å². The van der Waals surface area contributed by atoms with Crippen molar-refractivity contribution in [3.05, 3.63) is 34.1 Å². The molecule has 0 fully saturated rings. The molecule has 0 radical (unpaired) electrons. The normalized spacial score (nSPS) is 10.9. The van der Waals surface area contributed by atoms with Crippen molar-refractivity contribution in [2.24, 2.45) is 0 Å². The molecule has 1 heterocycles. The zero-order valence-corrected chi connectivity index (χ0v) is 12.6. The highest BCUT2D eigenvalue weighted by atomic mass is 35.5. The molecule has 0 saturated heterocycles. The van der Waals surface area contributed by atoms with E-state index in [1.54, 1.807) is 12.1 Å². The fourth-order valence-corrected chi connectivity index (χ4v) is 2.41. The summed E-state index contributed by atoms with van der Waals surface area (Å²) in [5, 5.41) is 1.05. The molecular formula is C14H17Cl2N3. The summed E-state index contributed by atoms with van der Waals surface area (Å²) < 4.78 is 2.07. The first kappa shape index (κ1) is 14.2. The number of hydrogen-bond acceptors (Lipinski definition) is 2. The van der Waals surface area contributed by atoms with Crippen LogP contribution in [0.3, 0.4) is 0 Å². The van der Waals surface area contributed by atoms with Crippen LogP contribution in [0.2, 0.25) is 10.0 Å². The Balaban J connectivity index is 2.52. The van der Waals surface area contributed by atoms with Gasteiger partial charge in [-0.15, -0.1) is 0 Å². The number of aryl methyl sites for hydroxylation is 1. The topological polar surface area (TPSA) is 43.8 Å². The average Bonchev–Trinajstić information content (AvgIpc) is 2.71. The summed E-state index contributed by atoms with van der Waals surface area (Å²) in [5.74, 6) is 1.69. The summed E-state index contributed by atoms with van der Waals surface area (Å²) in [5.41, 5.74) is 7.89. The Morgan fingerprint density at radius 2 is 1.95 bits per heavy atom. The van der Waals surface area contributed by atoms with Crippen LogP contribution in [0.4, 0.5) is 5.82 Å². The lowest BCUT2D eigenvalue weighted by atomic mass is 10.1. The SMILES string of the molecule is CCCn1c(CC)nc(-c2ccc(Cl)c(Cl)c2)c1N. The maximum Gasteiger partial charge on any atom is 0.131 e. The van der Waals surface area contributed by atoms with Crippen LogP contribution in [0.1, 0.15) is 26.1 Å². The summed E-state index contributed by atoms with van der Waals surface area (Å²) in [4.78, 5) is 4.62. The predicted molar refractivity (Wildman–Crippen MR) is 81.8 cm³/mol. The van der Waals surface area contributed by atoms with Crippen LogP contribution in [0.25, 0.3) is 11.3 Å². The average molecular weight is 298 g/mol. The number of anilines is 1. The second-order valence-electron chi connectivity index (χ2n) is 4.40. The number of halogens is 2. The smallest absolute Gasteiger partial charge is 0.131 e. The van der Waals surface area contributed by atoms with Crippen LogP contribution in [-0.2, 0) is 13.0 Å². The quantitative estimate of drug-likeness (QED) is 0.908. The molecule has 0 amide bonds. The lowest BCUT2D eigenvalue weighted by Crippen LogP contribution is -2.06. The van der Waals surface area contributed by atoms with Crippen molar-refractivity contribution in [2.45, 2.75) is 33.2 Å². The van der Waals surface area contributed by atoms with Gasteiger partial charge in [-0.05, 0) is 18.6 Å². The van der Waals surface area contributed by atoms with Gasteiger partial charge in [-0.1, -0.05) is 43.1 Å². The highest BCUT2D eigenvalue weighted by molar-refractivity contribution is 6.42. The van der Waals surface area contributed by atoms with E-state index in [4.69, 9.17) is 28.9 Å². The summed E-state index contributed by atoms with van der Waals surface area (Å²) in [6.45, 7) is 5.08. The van der Waals surface area contributed by atoms with Gasteiger partial charge in [0.15, 0.2) is 0 Å². The molecule has 0 bridgehead atoms. The van der Waals surface area contributed by atoms with Crippen LogP contribution >= 0.6 is 23.2 Å². The molecule has 0 saturated carbocycles. The highest BCUT2D eigenvalue weighted by Gasteiger charge is 2.15. The summed E-state index contributed by atoms with van der Waals surface area (Å²) in [6, 6.07) is 5.46. The maximum atomic E-state index is 6.21. The van der Waals surface area contributed by atoms with Crippen molar-refractivity contribution < 1.29 is 0 Å². The van der Waals surface area contributed by atoms with Crippen molar-refractivity contribution in [1.82, 2.24) is 9.55 Å². The first-order chi connectivity index (χ1) is 9.08. The third kappa shape index (κ3) is 2.72. The van der Waals surface area contributed by atoms with Crippen molar-refractivity contribution >= 4 is 29.0 Å². The summed E-state index contributed by atoms with van der Waals surface area (Å²) >= 11 is 12.0. The van der Waals surface area contributed by atoms with Gasteiger partial charge in [0, 0.05) is 18.5 Å². The van der Waals surface area contributed by atoms with E-state index in [9.17, 15) is 0 Å². The Hall–Kier alpha value is -1.19. The number of rotatable bonds is 4. The number of nitrogens with two attached hydrogens (primary N) is 1. The molecule has 19 heavy (non-hydrogen) atoms. The number of benzene rings is 1. The van der Waals surface area contributed by atoms with Gasteiger partial charge in [0.2, 0.25) is 0 Å². The molecule has 0 aliphatic rings. The van der Waals surface area contributed by atoms with E-state index in [-0.39, 0.29) is 0 Å². The number of hydrogen-bond donors (Lipinski definition) is 1. The van der Waals surface area contributed by atoms with Crippen LogP contribution in [0.15, 0.2) is 18.2 Å². The van der Waals surface area contributed by atoms with Crippen LogP contribution in [0.5, 0.6) is 0 Å². The summed E-state index contributed by atoms with van der Waals surface area (Å²) in [7, 11) is 0. The zero-order chi connectivity index (χ0) is 14.0. The molecule has 1 aromatic carbocycles. The number of nitrogen functional groups attached to an aromatic ring is 1. The molecule has 3 nitrogen and oxygen atoms in total. The monoisotopic (exact) mass is 297 g/mol. The van der Waals surface area contributed by atoms with Crippen molar-refractivity contribution in [1.29, 1.82) is 0 Å². The van der Waals surface area contributed by atoms with Crippen LogP contribution in [0, 0.1) is 0 Å². The predicted octanol–water partition coefficient (Wildman–Crippen LogP) is 4.41. The Kier molecular flexibility index (Phi) is 4.38. The first-order valence-corrected chi connectivity index (χ1v) is 7.14. The van der Waals surface area contributed by atoms with Gasteiger partial charge >= 0.3 is 0 Å². The van der Waals surface area contributed by atoms with Gasteiger partial charge in [0.05, 0.1) is 10.0 Å². The van der Waals surface area contributed by atoms with E-state index in [2.05, 4.69) is 23.4 Å². The molecular weight excluding hydrogens is 281 g/mol. The van der Waals surface area contributed by atoms with E-state index in [1.807, 2.05) is 6.07 Å². The molecule has 5 heteroatoms. The van der Waals surface area contributed by atoms with Crippen LogP contribution < -0.4 is 5.73 Å². The highest BCUT2D eigenvalue weighted by Crippen LogP contribution is 2.31.